The Bertz CT molecular complexity index is 521. The highest BCUT2D eigenvalue weighted by atomic mass is 79.9. The largest absolute Gasteiger partial charge is 0.481 e. The molecule has 1 aromatic rings. The lowest BCUT2D eigenvalue weighted by atomic mass is 10.1. The molecule has 1 heterocycles. The monoisotopic (exact) mass is 345 g/mol. The second-order valence-electron chi connectivity index (χ2n) is 4.52. The summed E-state index contributed by atoms with van der Waals surface area (Å²) in [6, 6.07) is 4.79. The Morgan fingerprint density at radius 2 is 2.21 bits per heavy atom. The molecule has 1 saturated heterocycles. The van der Waals surface area contributed by atoms with E-state index in [0.29, 0.717) is 21.6 Å². The fraction of sp³-hybridized carbons (Fsp3) is 0.385. The average Bonchev–Trinajstić information content (AvgIpc) is 2.78. The van der Waals surface area contributed by atoms with E-state index in [1.54, 1.807) is 23.1 Å². The predicted octanol–water partition coefficient (Wildman–Crippen LogP) is 3.18. The van der Waals surface area contributed by atoms with Crippen LogP contribution in [0.4, 0.5) is 0 Å². The molecule has 1 atom stereocenters. The third-order valence-corrected chi connectivity index (χ3v) is 4.13. The van der Waals surface area contributed by atoms with Gasteiger partial charge in [0.1, 0.15) is 0 Å². The number of halogens is 2. The second-order valence-corrected chi connectivity index (χ2v) is 5.81. The number of likely N-dealkylation sites (tertiary alicyclic amines) is 1. The smallest absolute Gasteiger partial charge is 0.305 e. The van der Waals surface area contributed by atoms with E-state index < -0.39 is 5.97 Å². The number of rotatable bonds is 3. The predicted molar refractivity (Wildman–Crippen MR) is 75.5 cm³/mol. The zero-order valence-corrected chi connectivity index (χ0v) is 12.4. The number of carboxylic acids is 1. The highest BCUT2D eigenvalue weighted by molar-refractivity contribution is 9.10. The van der Waals surface area contributed by atoms with Gasteiger partial charge in [-0.3, -0.25) is 9.59 Å². The van der Waals surface area contributed by atoms with Gasteiger partial charge < -0.3 is 10.0 Å². The molecule has 102 valence electrons. The summed E-state index contributed by atoms with van der Waals surface area (Å²) in [5.41, 5.74) is 0.477. The van der Waals surface area contributed by atoms with Crippen molar-refractivity contribution in [1.29, 1.82) is 0 Å². The molecule has 0 spiro atoms. The molecule has 0 aromatic heterocycles. The topological polar surface area (TPSA) is 57.6 Å². The lowest BCUT2D eigenvalue weighted by Gasteiger charge is -2.24. The van der Waals surface area contributed by atoms with Gasteiger partial charge in [0.15, 0.2) is 0 Å². The van der Waals surface area contributed by atoms with Crippen LogP contribution < -0.4 is 0 Å². The minimum atomic E-state index is -0.880. The van der Waals surface area contributed by atoms with Crippen LogP contribution in [0.2, 0.25) is 5.02 Å². The first-order valence-corrected chi connectivity index (χ1v) is 7.14. The maximum atomic E-state index is 12.5. The molecule has 0 saturated carbocycles. The number of nitrogens with zero attached hydrogens (tertiary/aromatic N) is 1. The van der Waals surface area contributed by atoms with Crippen LogP contribution in [0, 0.1) is 0 Å². The van der Waals surface area contributed by atoms with Crippen LogP contribution in [0.5, 0.6) is 0 Å². The molecule has 1 unspecified atom stereocenters. The van der Waals surface area contributed by atoms with Crippen molar-refractivity contribution in [2.45, 2.75) is 25.3 Å². The first-order valence-electron chi connectivity index (χ1n) is 5.97. The minimum Gasteiger partial charge on any atom is -0.481 e. The molecule has 0 aliphatic carbocycles. The molecule has 2 rings (SSSR count). The molecule has 19 heavy (non-hydrogen) atoms. The third kappa shape index (κ3) is 3.28. The fourth-order valence-corrected chi connectivity index (χ4v) is 2.92. The second kappa shape index (κ2) is 5.92. The van der Waals surface area contributed by atoms with E-state index in [1.165, 1.54) is 0 Å². The highest BCUT2D eigenvalue weighted by Crippen LogP contribution is 2.27. The number of carbonyl (C=O) groups is 2. The lowest BCUT2D eigenvalue weighted by molar-refractivity contribution is -0.137. The van der Waals surface area contributed by atoms with E-state index in [-0.39, 0.29) is 18.4 Å². The Kier molecular flexibility index (Phi) is 4.47. The summed E-state index contributed by atoms with van der Waals surface area (Å²) in [4.78, 5) is 24.9. The summed E-state index contributed by atoms with van der Waals surface area (Å²) >= 11 is 9.23. The average molecular weight is 347 g/mol. The third-order valence-electron chi connectivity index (χ3n) is 3.21. The van der Waals surface area contributed by atoms with Crippen LogP contribution in [0.15, 0.2) is 22.7 Å². The quantitative estimate of drug-likeness (QED) is 0.914. The van der Waals surface area contributed by atoms with Crippen molar-refractivity contribution in [2.75, 3.05) is 6.54 Å². The first-order chi connectivity index (χ1) is 8.99. The van der Waals surface area contributed by atoms with Gasteiger partial charge in [0.25, 0.3) is 5.91 Å². The maximum absolute atomic E-state index is 12.5. The van der Waals surface area contributed by atoms with Gasteiger partial charge in [-0.25, -0.2) is 0 Å². The van der Waals surface area contributed by atoms with Crippen LogP contribution in [0.3, 0.4) is 0 Å². The zero-order valence-electron chi connectivity index (χ0n) is 10.1. The standard InChI is InChI=1S/C13H13BrClNO3/c14-11-4-3-8(15)6-10(11)13(19)16-5-1-2-9(16)7-12(17)18/h3-4,6,9H,1-2,5,7H2,(H,17,18). The number of aliphatic carboxylic acids is 1. The molecule has 6 heteroatoms. The Morgan fingerprint density at radius 3 is 2.89 bits per heavy atom. The Balaban J connectivity index is 2.23. The molecule has 0 bridgehead atoms. The molecular weight excluding hydrogens is 334 g/mol. The molecule has 1 N–H and O–H groups in total. The summed E-state index contributed by atoms with van der Waals surface area (Å²) in [5.74, 6) is -1.05. The van der Waals surface area contributed by atoms with Crippen LogP contribution in [-0.2, 0) is 4.79 Å². The van der Waals surface area contributed by atoms with E-state index in [9.17, 15) is 9.59 Å². The van der Waals surface area contributed by atoms with Gasteiger partial charge in [-0.05, 0) is 47.0 Å². The number of hydrogen-bond acceptors (Lipinski definition) is 2. The van der Waals surface area contributed by atoms with Crippen molar-refractivity contribution in [3.05, 3.63) is 33.3 Å². The minimum absolute atomic E-state index is 0.01000. The molecule has 4 nitrogen and oxygen atoms in total. The van der Waals surface area contributed by atoms with E-state index >= 15 is 0 Å². The Hall–Kier alpha value is -1.07. The summed E-state index contributed by atoms with van der Waals surface area (Å²) in [6.45, 7) is 0.593. The Morgan fingerprint density at radius 1 is 1.47 bits per heavy atom. The van der Waals surface area contributed by atoms with Gasteiger partial charge in [-0.15, -0.1) is 0 Å². The number of hydrogen-bond donors (Lipinski definition) is 1. The first kappa shape index (κ1) is 14.3. The summed E-state index contributed by atoms with van der Waals surface area (Å²) in [6.07, 6.45) is 1.56. The maximum Gasteiger partial charge on any atom is 0.305 e. The van der Waals surface area contributed by atoms with Crippen LogP contribution in [-0.4, -0.2) is 34.5 Å². The molecule has 1 aromatic carbocycles. The highest BCUT2D eigenvalue weighted by Gasteiger charge is 2.31. The molecule has 1 fully saturated rings. The normalized spacial score (nSPS) is 18.6. The van der Waals surface area contributed by atoms with Gasteiger partial charge in [0.2, 0.25) is 0 Å². The number of benzene rings is 1. The molecule has 1 aliphatic heterocycles. The van der Waals surface area contributed by atoms with Gasteiger partial charge in [-0.1, -0.05) is 11.6 Å². The van der Waals surface area contributed by atoms with Crippen molar-refractivity contribution in [2.24, 2.45) is 0 Å². The SMILES string of the molecule is O=C(O)CC1CCCN1C(=O)c1cc(Cl)ccc1Br. The van der Waals surface area contributed by atoms with E-state index in [0.717, 1.165) is 12.8 Å². The Labute approximate surface area is 124 Å². The molecular formula is C13H13BrClNO3. The van der Waals surface area contributed by atoms with Gasteiger partial charge >= 0.3 is 5.97 Å². The van der Waals surface area contributed by atoms with Crippen molar-refractivity contribution < 1.29 is 14.7 Å². The van der Waals surface area contributed by atoms with Gasteiger partial charge in [0, 0.05) is 22.1 Å². The van der Waals surface area contributed by atoms with Crippen LogP contribution in [0.1, 0.15) is 29.6 Å². The van der Waals surface area contributed by atoms with Crippen LogP contribution >= 0.6 is 27.5 Å². The van der Waals surface area contributed by atoms with E-state index in [2.05, 4.69) is 15.9 Å². The zero-order chi connectivity index (χ0) is 14.0. The fourth-order valence-electron chi connectivity index (χ4n) is 2.33. The van der Waals surface area contributed by atoms with Crippen molar-refractivity contribution in [3.8, 4) is 0 Å². The molecule has 1 amide bonds. The summed E-state index contributed by atoms with van der Waals surface area (Å²) < 4.78 is 0.669. The van der Waals surface area contributed by atoms with E-state index in [4.69, 9.17) is 16.7 Å². The molecule has 1 aliphatic rings. The summed E-state index contributed by atoms with van der Waals surface area (Å²) in [7, 11) is 0. The van der Waals surface area contributed by atoms with Crippen molar-refractivity contribution in [1.82, 2.24) is 4.90 Å². The van der Waals surface area contributed by atoms with Gasteiger partial charge in [-0.2, -0.15) is 0 Å². The number of carbonyl (C=O) groups excluding carboxylic acids is 1. The summed E-state index contributed by atoms with van der Waals surface area (Å²) in [5, 5.41) is 9.36. The number of amides is 1. The van der Waals surface area contributed by atoms with Gasteiger partial charge in [0.05, 0.1) is 12.0 Å². The molecule has 0 radical (unpaired) electrons. The van der Waals surface area contributed by atoms with Crippen LogP contribution in [0.25, 0.3) is 0 Å². The van der Waals surface area contributed by atoms with E-state index in [1.807, 2.05) is 0 Å². The lowest BCUT2D eigenvalue weighted by Crippen LogP contribution is -2.37. The van der Waals surface area contributed by atoms with Crippen molar-refractivity contribution in [3.63, 3.8) is 0 Å². The number of carboxylic acid groups (broad SMARTS) is 1. The van der Waals surface area contributed by atoms with Crippen molar-refractivity contribution >= 4 is 39.4 Å².